The van der Waals surface area contributed by atoms with Crippen LogP contribution in [0.25, 0.3) is 5.65 Å². The van der Waals surface area contributed by atoms with Gasteiger partial charge in [0, 0.05) is 50.2 Å². The van der Waals surface area contributed by atoms with Crippen LogP contribution < -0.4 is 10.6 Å². The number of ether oxygens (including phenoxy) is 1. The van der Waals surface area contributed by atoms with E-state index in [1.807, 2.05) is 35.8 Å². The topological polar surface area (TPSA) is 75.8 Å². The van der Waals surface area contributed by atoms with E-state index in [9.17, 15) is 0 Å². The highest BCUT2D eigenvalue weighted by Gasteiger charge is 2.59. The highest BCUT2D eigenvalue weighted by Crippen LogP contribution is 2.52. The lowest BCUT2D eigenvalue weighted by Gasteiger charge is -2.54. The van der Waals surface area contributed by atoms with Gasteiger partial charge in [0.05, 0.1) is 6.10 Å². The fraction of sp³-hybridized carbons (Fsp3) is 0.611. The van der Waals surface area contributed by atoms with Crippen molar-refractivity contribution in [1.82, 2.24) is 25.2 Å². The van der Waals surface area contributed by atoms with Crippen molar-refractivity contribution in [3.8, 4) is 0 Å². The number of rotatable bonds is 4. The summed E-state index contributed by atoms with van der Waals surface area (Å²) < 4.78 is 7.89. The summed E-state index contributed by atoms with van der Waals surface area (Å²) in [6.45, 7) is 6.18. The van der Waals surface area contributed by atoms with Crippen LogP contribution in [-0.4, -0.2) is 52.9 Å². The van der Waals surface area contributed by atoms with Crippen molar-refractivity contribution in [2.24, 2.45) is 16.3 Å². The second kappa shape index (κ2) is 6.29. The van der Waals surface area contributed by atoms with Gasteiger partial charge in [0.25, 0.3) is 0 Å². The second-order valence-corrected chi connectivity index (χ2v) is 7.48. The summed E-state index contributed by atoms with van der Waals surface area (Å²) in [5, 5.41) is 15.5. The van der Waals surface area contributed by atoms with Crippen LogP contribution in [0.3, 0.4) is 0 Å². The van der Waals surface area contributed by atoms with Crippen molar-refractivity contribution < 1.29 is 4.74 Å². The lowest BCUT2D eigenvalue weighted by molar-refractivity contribution is -0.106. The van der Waals surface area contributed by atoms with Gasteiger partial charge in [-0.2, -0.15) is 0 Å². The van der Waals surface area contributed by atoms with Gasteiger partial charge in [0.15, 0.2) is 11.6 Å². The smallest absolute Gasteiger partial charge is 0.191 e. The zero-order valence-corrected chi connectivity index (χ0v) is 15.1. The first kappa shape index (κ1) is 16.3. The maximum atomic E-state index is 5.87. The Balaban J connectivity index is 1.34. The van der Waals surface area contributed by atoms with Gasteiger partial charge in [-0.25, -0.2) is 0 Å². The number of pyridine rings is 1. The molecule has 25 heavy (non-hydrogen) atoms. The van der Waals surface area contributed by atoms with E-state index in [1.165, 1.54) is 0 Å². The molecule has 7 heteroatoms. The molecule has 134 valence electrons. The third-order valence-corrected chi connectivity index (χ3v) is 5.64. The molecule has 2 aromatic rings. The Morgan fingerprint density at radius 2 is 2.28 bits per heavy atom. The van der Waals surface area contributed by atoms with E-state index < -0.39 is 0 Å². The molecule has 2 aliphatic rings. The van der Waals surface area contributed by atoms with Crippen molar-refractivity contribution in [2.75, 3.05) is 20.2 Å². The molecule has 0 bridgehead atoms. The molecule has 2 aromatic heterocycles. The van der Waals surface area contributed by atoms with Crippen LogP contribution in [0, 0.1) is 11.3 Å². The Hall–Kier alpha value is -2.15. The minimum Gasteiger partial charge on any atom is -0.377 e. The van der Waals surface area contributed by atoms with Crippen molar-refractivity contribution in [3.05, 3.63) is 30.2 Å². The number of hydrogen-bond donors (Lipinski definition) is 2. The number of fused-ring (bicyclic) bond motifs is 2. The average molecular weight is 342 g/mol. The molecule has 2 fully saturated rings. The summed E-state index contributed by atoms with van der Waals surface area (Å²) in [5.74, 6) is 2.39. The van der Waals surface area contributed by atoms with Crippen LogP contribution in [0.1, 0.15) is 26.1 Å². The summed E-state index contributed by atoms with van der Waals surface area (Å²) in [6.07, 6.45) is 4.30. The largest absolute Gasteiger partial charge is 0.377 e. The maximum absolute atomic E-state index is 5.87. The molecule has 0 amide bonds. The van der Waals surface area contributed by atoms with E-state index in [0.717, 1.165) is 43.4 Å². The molecule has 0 aromatic carbocycles. The van der Waals surface area contributed by atoms with E-state index in [-0.39, 0.29) is 5.41 Å². The highest BCUT2D eigenvalue weighted by atomic mass is 16.5. The molecule has 4 rings (SSSR count). The Morgan fingerprint density at radius 1 is 1.40 bits per heavy atom. The lowest BCUT2D eigenvalue weighted by atomic mass is 9.57. The molecule has 7 nitrogen and oxygen atoms in total. The van der Waals surface area contributed by atoms with Gasteiger partial charge in [-0.3, -0.25) is 9.39 Å². The third kappa shape index (κ3) is 2.76. The van der Waals surface area contributed by atoms with Gasteiger partial charge in [0.2, 0.25) is 0 Å². The van der Waals surface area contributed by atoms with Gasteiger partial charge in [0.1, 0.15) is 5.82 Å². The predicted molar refractivity (Wildman–Crippen MR) is 96.6 cm³/mol. The van der Waals surface area contributed by atoms with Crippen LogP contribution in [0.4, 0.5) is 0 Å². The molecule has 0 spiro atoms. The summed E-state index contributed by atoms with van der Waals surface area (Å²) in [5.41, 5.74) is 1.02. The van der Waals surface area contributed by atoms with Gasteiger partial charge in [-0.1, -0.05) is 19.9 Å². The molecule has 1 saturated carbocycles. The summed E-state index contributed by atoms with van der Waals surface area (Å²) in [6, 6.07) is 6.33. The molecule has 1 saturated heterocycles. The molecule has 1 aliphatic heterocycles. The van der Waals surface area contributed by atoms with E-state index >= 15 is 0 Å². The monoisotopic (exact) mass is 342 g/mol. The van der Waals surface area contributed by atoms with Crippen LogP contribution in [0.15, 0.2) is 29.4 Å². The number of hydrogen-bond acceptors (Lipinski definition) is 4. The number of nitrogens with one attached hydrogen (secondary N) is 2. The van der Waals surface area contributed by atoms with Crippen molar-refractivity contribution in [2.45, 2.75) is 38.8 Å². The zero-order valence-electron chi connectivity index (χ0n) is 15.1. The quantitative estimate of drug-likeness (QED) is 0.646. The third-order valence-electron chi connectivity index (χ3n) is 5.64. The lowest BCUT2D eigenvalue weighted by Crippen LogP contribution is -2.68. The van der Waals surface area contributed by atoms with E-state index in [1.54, 1.807) is 0 Å². The van der Waals surface area contributed by atoms with E-state index in [0.29, 0.717) is 18.1 Å². The van der Waals surface area contributed by atoms with E-state index in [2.05, 4.69) is 39.7 Å². The summed E-state index contributed by atoms with van der Waals surface area (Å²) in [7, 11) is 1.82. The molecule has 3 unspecified atom stereocenters. The van der Waals surface area contributed by atoms with Gasteiger partial charge >= 0.3 is 0 Å². The number of aromatic nitrogens is 3. The molecule has 0 radical (unpaired) electrons. The standard InChI is InChI=1S/C18H26N6O/c1-18(2)15(12-8-11-25-16(12)18)21-17(19-3)20-9-7-14-23-22-13-6-4-5-10-24(13)14/h4-6,10,12,15-16H,7-9,11H2,1-3H3,(H2,19,20,21). The molecule has 3 atom stereocenters. The maximum Gasteiger partial charge on any atom is 0.191 e. The first-order valence-electron chi connectivity index (χ1n) is 8.98. The molecular weight excluding hydrogens is 316 g/mol. The predicted octanol–water partition coefficient (Wildman–Crippen LogP) is 1.25. The normalized spacial score (nSPS) is 27.8. The number of guanidine groups is 1. The zero-order chi connectivity index (χ0) is 17.4. The highest BCUT2D eigenvalue weighted by molar-refractivity contribution is 5.80. The van der Waals surface area contributed by atoms with Crippen LogP contribution >= 0.6 is 0 Å². The van der Waals surface area contributed by atoms with Crippen LogP contribution in [0.2, 0.25) is 0 Å². The van der Waals surface area contributed by atoms with Crippen molar-refractivity contribution in [1.29, 1.82) is 0 Å². The SMILES string of the molecule is CN=C(NCCc1nnc2ccccn12)NC1C2CCOC2C1(C)C. The Morgan fingerprint density at radius 3 is 3.12 bits per heavy atom. The first-order valence-corrected chi connectivity index (χ1v) is 8.98. The Bertz CT molecular complexity index is 783. The minimum absolute atomic E-state index is 0.141. The van der Waals surface area contributed by atoms with Gasteiger partial charge < -0.3 is 15.4 Å². The molecule has 1 aliphatic carbocycles. The molecule has 3 heterocycles. The van der Waals surface area contributed by atoms with E-state index in [4.69, 9.17) is 4.74 Å². The fourth-order valence-electron chi connectivity index (χ4n) is 4.31. The molecular formula is C18H26N6O. The summed E-state index contributed by atoms with van der Waals surface area (Å²) >= 11 is 0. The Kier molecular flexibility index (Phi) is 4.11. The minimum atomic E-state index is 0.141. The second-order valence-electron chi connectivity index (χ2n) is 7.48. The average Bonchev–Trinajstić information content (AvgIpc) is 3.24. The van der Waals surface area contributed by atoms with Crippen molar-refractivity contribution in [3.63, 3.8) is 0 Å². The fourth-order valence-corrected chi connectivity index (χ4v) is 4.31. The Labute approximate surface area is 147 Å². The van der Waals surface area contributed by atoms with Crippen LogP contribution in [-0.2, 0) is 11.2 Å². The van der Waals surface area contributed by atoms with Gasteiger partial charge in [-0.05, 0) is 18.6 Å². The van der Waals surface area contributed by atoms with Crippen molar-refractivity contribution >= 4 is 11.6 Å². The summed E-state index contributed by atoms with van der Waals surface area (Å²) in [4.78, 5) is 4.38. The molecule has 2 N–H and O–H groups in total. The first-order chi connectivity index (χ1) is 12.1. The number of nitrogens with zero attached hydrogens (tertiary/aromatic N) is 4. The van der Waals surface area contributed by atoms with Crippen LogP contribution in [0.5, 0.6) is 0 Å². The van der Waals surface area contributed by atoms with Gasteiger partial charge in [-0.15, -0.1) is 10.2 Å². The number of aliphatic imine (C=N–C) groups is 1.